The Balaban J connectivity index is 2.24. The second-order valence-electron chi connectivity index (χ2n) is 4.62. The molecule has 0 radical (unpaired) electrons. The third kappa shape index (κ3) is 2.51. The van der Waals surface area contributed by atoms with Gasteiger partial charge in [0.15, 0.2) is 0 Å². The second kappa shape index (κ2) is 5.02. The fourth-order valence-corrected chi connectivity index (χ4v) is 2.29. The lowest BCUT2D eigenvalue weighted by Crippen LogP contribution is -2.08. The van der Waals surface area contributed by atoms with Gasteiger partial charge in [-0.2, -0.15) is 5.10 Å². The highest BCUT2D eigenvalue weighted by Gasteiger charge is 2.12. The number of hydrogen-bond acceptors (Lipinski definition) is 2. The SMILES string of the molecule is Cc1nn(C)cc1C(C)Nc1cccc(Cl)c1C. The molecule has 18 heavy (non-hydrogen) atoms. The number of rotatable bonds is 3. The topological polar surface area (TPSA) is 29.9 Å². The number of anilines is 1. The quantitative estimate of drug-likeness (QED) is 0.911. The van der Waals surface area contributed by atoms with Crippen molar-refractivity contribution >= 4 is 17.3 Å². The molecule has 0 amide bonds. The molecule has 1 unspecified atom stereocenters. The molecule has 1 heterocycles. The highest BCUT2D eigenvalue weighted by molar-refractivity contribution is 6.31. The first-order valence-electron chi connectivity index (χ1n) is 6.01. The van der Waals surface area contributed by atoms with Crippen LogP contribution in [0.5, 0.6) is 0 Å². The molecule has 0 bridgehead atoms. The van der Waals surface area contributed by atoms with E-state index >= 15 is 0 Å². The first-order valence-corrected chi connectivity index (χ1v) is 6.38. The molecule has 96 valence electrons. The molecule has 2 rings (SSSR count). The summed E-state index contributed by atoms with van der Waals surface area (Å²) in [5.74, 6) is 0. The fourth-order valence-electron chi connectivity index (χ4n) is 2.12. The molecule has 1 aromatic carbocycles. The molecule has 0 fully saturated rings. The van der Waals surface area contributed by atoms with Crippen LogP contribution in [0.3, 0.4) is 0 Å². The summed E-state index contributed by atoms with van der Waals surface area (Å²) in [5.41, 5.74) is 4.40. The minimum atomic E-state index is 0.205. The van der Waals surface area contributed by atoms with Gasteiger partial charge in [-0.05, 0) is 38.5 Å². The molecule has 0 aliphatic heterocycles. The van der Waals surface area contributed by atoms with Gasteiger partial charge in [0.25, 0.3) is 0 Å². The van der Waals surface area contributed by atoms with Crippen LogP contribution in [-0.4, -0.2) is 9.78 Å². The lowest BCUT2D eigenvalue weighted by molar-refractivity contribution is 0.756. The maximum Gasteiger partial charge on any atom is 0.0646 e. The molecule has 1 N–H and O–H groups in total. The van der Waals surface area contributed by atoms with E-state index in [9.17, 15) is 0 Å². The van der Waals surface area contributed by atoms with Crippen molar-refractivity contribution in [1.29, 1.82) is 0 Å². The normalized spacial score (nSPS) is 12.5. The van der Waals surface area contributed by atoms with Gasteiger partial charge in [-0.25, -0.2) is 0 Å². The van der Waals surface area contributed by atoms with Crippen LogP contribution < -0.4 is 5.32 Å². The minimum Gasteiger partial charge on any atom is -0.378 e. The van der Waals surface area contributed by atoms with Gasteiger partial charge < -0.3 is 5.32 Å². The van der Waals surface area contributed by atoms with Crippen LogP contribution in [-0.2, 0) is 7.05 Å². The Hall–Kier alpha value is -1.48. The number of nitrogens with zero attached hydrogens (tertiary/aromatic N) is 2. The standard InChI is InChI=1S/C14H18ClN3/c1-9-13(15)6-5-7-14(9)16-10(2)12-8-18(4)17-11(12)3/h5-8,10,16H,1-4H3. The van der Waals surface area contributed by atoms with Crippen molar-refractivity contribution in [3.63, 3.8) is 0 Å². The zero-order valence-corrected chi connectivity index (χ0v) is 11.9. The van der Waals surface area contributed by atoms with E-state index in [0.717, 1.165) is 22.0 Å². The molecule has 4 heteroatoms. The summed E-state index contributed by atoms with van der Waals surface area (Å²) in [6.45, 7) is 6.18. The summed E-state index contributed by atoms with van der Waals surface area (Å²) >= 11 is 6.12. The van der Waals surface area contributed by atoms with Gasteiger partial charge in [0, 0.05) is 29.5 Å². The molecule has 0 saturated heterocycles. The van der Waals surface area contributed by atoms with Crippen molar-refractivity contribution in [3.05, 3.63) is 46.2 Å². The van der Waals surface area contributed by atoms with Gasteiger partial charge in [-0.1, -0.05) is 17.7 Å². The molecule has 3 nitrogen and oxygen atoms in total. The number of aromatic nitrogens is 2. The van der Waals surface area contributed by atoms with E-state index in [0.29, 0.717) is 0 Å². The Bertz CT molecular complexity index is 560. The minimum absolute atomic E-state index is 0.205. The first-order chi connectivity index (χ1) is 8.49. The third-order valence-corrected chi connectivity index (χ3v) is 3.57. The predicted octanol–water partition coefficient (Wildman–Crippen LogP) is 3.86. The van der Waals surface area contributed by atoms with Crippen LogP contribution in [0.15, 0.2) is 24.4 Å². The number of halogens is 1. The largest absolute Gasteiger partial charge is 0.378 e. The van der Waals surface area contributed by atoms with Gasteiger partial charge >= 0.3 is 0 Å². The maximum absolute atomic E-state index is 6.12. The molecular weight excluding hydrogens is 246 g/mol. The molecule has 0 saturated carbocycles. The van der Waals surface area contributed by atoms with Crippen LogP contribution in [0, 0.1) is 13.8 Å². The number of hydrogen-bond donors (Lipinski definition) is 1. The Labute approximate surface area is 113 Å². The zero-order valence-electron chi connectivity index (χ0n) is 11.2. The number of aryl methyl sites for hydroxylation is 2. The van der Waals surface area contributed by atoms with Crippen LogP contribution in [0.1, 0.15) is 29.8 Å². The molecule has 0 aliphatic carbocycles. The van der Waals surface area contributed by atoms with Gasteiger partial charge in [-0.3, -0.25) is 4.68 Å². The lowest BCUT2D eigenvalue weighted by atomic mass is 10.1. The van der Waals surface area contributed by atoms with Crippen LogP contribution in [0.2, 0.25) is 5.02 Å². The predicted molar refractivity (Wildman–Crippen MR) is 76.2 cm³/mol. The first kappa shape index (κ1) is 13.0. The molecule has 1 atom stereocenters. The van der Waals surface area contributed by atoms with Crippen molar-refractivity contribution in [2.45, 2.75) is 26.8 Å². The van der Waals surface area contributed by atoms with E-state index in [1.54, 1.807) is 0 Å². The summed E-state index contributed by atoms with van der Waals surface area (Å²) in [7, 11) is 1.94. The van der Waals surface area contributed by atoms with Gasteiger partial charge in [0.2, 0.25) is 0 Å². The van der Waals surface area contributed by atoms with Crippen molar-refractivity contribution in [3.8, 4) is 0 Å². The second-order valence-corrected chi connectivity index (χ2v) is 5.03. The summed E-state index contributed by atoms with van der Waals surface area (Å²) in [6.07, 6.45) is 2.05. The molecule has 1 aromatic heterocycles. The molecular formula is C14H18ClN3. The highest BCUT2D eigenvalue weighted by atomic mass is 35.5. The average Bonchev–Trinajstić information content (AvgIpc) is 2.64. The monoisotopic (exact) mass is 263 g/mol. The average molecular weight is 264 g/mol. The fraction of sp³-hybridized carbons (Fsp3) is 0.357. The smallest absolute Gasteiger partial charge is 0.0646 e. The van der Waals surface area contributed by atoms with Crippen molar-refractivity contribution in [1.82, 2.24) is 9.78 Å². The third-order valence-electron chi connectivity index (χ3n) is 3.16. The highest BCUT2D eigenvalue weighted by Crippen LogP contribution is 2.27. The number of nitrogens with one attached hydrogen (secondary N) is 1. The number of benzene rings is 1. The Morgan fingerprint density at radius 2 is 2.06 bits per heavy atom. The van der Waals surface area contributed by atoms with Gasteiger partial charge in [0.1, 0.15) is 0 Å². The molecule has 2 aromatic rings. The van der Waals surface area contributed by atoms with E-state index in [1.165, 1.54) is 5.56 Å². The van der Waals surface area contributed by atoms with E-state index in [1.807, 2.05) is 50.0 Å². The molecule has 0 spiro atoms. The molecule has 0 aliphatic rings. The lowest BCUT2D eigenvalue weighted by Gasteiger charge is -2.17. The Morgan fingerprint density at radius 3 is 2.67 bits per heavy atom. The van der Waals surface area contributed by atoms with E-state index in [-0.39, 0.29) is 6.04 Å². The van der Waals surface area contributed by atoms with E-state index in [2.05, 4.69) is 17.3 Å². The van der Waals surface area contributed by atoms with E-state index in [4.69, 9.17) is 11.6 Å². The summed E-state index contributed by atoms with van der Waals surface area (Å²) in [6, 6.07) is 6.11. The zero-order chi connectivity index (χ0) is 13.3. The van der Waals surface area contributed by atoms with Gasteiger partial charge in [0.05, 0.1) is 11.7 Å². The summed E-state index contributed by atoms with van der Waals surface area (Å²) in [4.78, 5) is 0. The van der Waals surface area contributed by atoms with Crippen LogP contribution in [0.25, 0.3) is 0 Å². The van der Waals surface area contributed by atoms with Gasteiger partial charge in [-0.15, -0.1) is 0 Å². The summed E-state index contributed by atoms with van der Waals surface area (Å²) in [5, 5.41) is 8.64. The maximum atomic E-state index is 6.12. The van der Waals surface area contributed by atoms with Crippen LogP contribution in [0.4, 0.5) is 5.69 Å². The van der Waals surface area contributed by atoms with E-state index < -0.39 is 0 Å². The van der Waals surface area contributed by atoms with Crippen molar-refractivity contribution in [2.75, 3.05) is 5.32 Å². The van der Waals surface area contributed by atoms with Crippen molar-refractivity contribution < 1.29 is 0 Å². The Morgan fingerprint density at radius 1 is 1.33 bits per heavy atom. The Kier molecular flexibility index (Phi) is 3.62. The van der Waals surface area contributed by atoms with Crippen LogP contribution >= 0.6 is 11.6 Å². The summed E-state index contributed by atoms with van der Waals surface area (Å²) < 4.78 is 1.84. The van der Waals surface area contributed by atoms with Crippen molar-refractivity contribution in [2.24, 2.45) is 7.05 Å².